The van der Waals surface area contributed by atoms with Gasteiger partial charge in [-0.05, 0) is 29.9 Å². The minimum atomic E-state index is -5.52. The SMILES string of the molecule is CCC(=S)OCC(NC(=O)c1cccc(N=[N+]=[N-])c1[N+](=O)[O-])(N1C(=O)CCC1=O)S(=O)(=O)O. The molecule has 1 aliphatic rings. The molecule has 1 fully saturated rings. The van der Waals surface area contributed by atoms with Gasteiger partial charge in [0.15, 0.2) is 5.05 Å². The number of nitro benzene ring substituents is 1. The number of likely N-dealkylation sites (tertiary alicyclic amines) is 1. The fourth-order valence-corrected chi connectivity index (χ4v) is 3.87. The molecule has 17 heteroatoms. The molecule has 0 saturated carbocycles. The Balaban J connectivity index is 2.70. The predicted octanol–water partition coefficient (Wildman–Crippen LogP) is 1.71. The number of rotatable bonds is 9. The van der Waals surface area contributed by atoms with Crippen molar-refractivity contribution in [3.05, 3.63) is 44.3 Å². The van der Waals surface area contributed by atoms with E-state index in [1.54, 1.807) is 6.92 Å². The highest BCUT2D eigenvalue weighted by Crippen LogP contribution is 2.33. The molecule has 1 atom stereocenters. The molecule has 0 bridgehead atoms. The highest BCUT2D eigenvalue weighted by molar-refractivity contribution is 7.87. The molecule has 3 amide bonds. The molecular formula is C16H16N6O9S2. The Morgan fingerprint density at radius 3 is 2.52 bits per heavy atom. The summed E-state index contributed by atoms with van der Waals surface area (Å²) in [5.74, 6) is -3.60. The highest BCUT2D eigenvalue weighted by atomic mass is 32.2. The van der Waals surface area contributed by atoms with Crippen LogP contribution in [0.5, 0.6) is 0 Å². The van der Waals surface area contributed by atoms with E-state index in [1.807, 2.05) is 5.32 Å². The van der Waals surface area contributed by atoms with Gasteiger partial charge in [0.05, 0.1) is 4.92 Å². The number of azide groups is 1. The minimum absolute atomic E-state index is 0.104. The zero-order valence-electron chi connectivity index (χ0n) is 16.8. The number of thiocarbonyl (C=S) groups is 1. The van der Waals surface area contributed by atoms with E-state index >= 15 is 0 Å². The van der Waals surface area contributed by atoms with Crippen molar-refractivity contribution in [2.75, 3.05) is 6.61 Å². The van der Waals surface area contributed by atoms with E-state index < -0.39 is 74.1 Å². The van der Waals surface area contributed by atoms with Crippen molar-refractivity contribution in [1.29, 1.82) is 0 Å². The number of carbonyl (C=O) groups is 3. The molecule has 2 N–H and O–H groups in total. The molecule has 1 aliphatic heterocycles. The first kappa shape index (κ1) is 25.6. The monoisotopic (exact) mass is 500 g/mol. The summed E-state index contributed by atoms with van der Waals surface area (Å²) in [4.78, 5) is 47.5. The molecule has 2 rings (SSSR count). The standard InChI is InChI=1S/C16H16N6O9S2/c1-2-13(32)31-8-16(33(28,29)30,21-11(23)6-7-12(21)24)18-15(25)9-4-3-5-10(19-20-17)14(9)22(26)27/h3-5H,2,6-8H2,1H3,(H,18,25)(H,28,29,30). The second-order valence-electron chi connectivity index (χ2n) is 6.47. The maximum Gasteiger partial charge on any atom is 0.313 e. The van der Waals surface area contributed by atoms with E-state index in [1.165, 1.54) is 0 Å². The maximum absolute atomic E-state index is 13.0. The van der Waals surface area contributed by atoms with E-state index in [2.05, 4.69) is 10.0 Å². The van der Waals surface area contributed by atoms with Crippen molar-refractivity contribution in [2.24, 2.45) is 5.11 Å². The quantitative estimate of drug-likeness (QED) is 0.0729. The Kier molecular flexibility index (Phi) is 7.65. The van der Waals surface area contributed by atoms with Crippen LogP contribution >= 0.6 is 12.2 Å². The van der Waals surface area contributed by atoms with Gasteiger partial charge in [0, 0.05) is 24.2 Å². The summed E-state index contributed by atoms with van der Waals surface area (Å²) in [5, 5.41) is 16.3. The van der Waals surface area contributed by atoms with E-state index in [0.29, 0.717) is 0 Å². The number of hydrogen-bond donors (Lipinski definition) is 2. The number of para-hydroxylation sites is 1. The number of nitrogens with one attached hydrogen (secondary N) is 1. The molecule has 0 radical (unpaired) electrons. The lowest BCUT2D eigenvalue weighted by atomic mass is 10.1. The lowest BCUT2D eigenvalue weighted by Crippen LogP contribution is -2.69. The van der Waals surface area contributed by atoms with Gasteiger partial charge < -0.3 is 10.1 Å². The lowest BCUT2D eigenvalue weighted by Gasteiger charge is -2.37. The maximum atomic E-state index is 13.0. The normalized spacial score (nSPS) is 15.4. The molecule has 0 spiro atoms. The van der Waals surface area contributed by atoms with Gasteiger partial charge in [-0.1, -0.05) is 18.1 Å². The Hall–Kier alpha value is -3.66. The largest absolute Gasteiger partial charge is 0.481 e. The summed E-state index contributed by atoms with van der Waals surface area (Å²) < 4.78 is 40.0. The van der Waals surface area contributed by atoms with Gasteiger partial charge in [0.25, 0.3) is 16.6 Å². The average molecular weight is 500 g/mol. The summed E-state index contributed by atoms with van der Waals surface area (Å²) in [5.41, 5.74) is 6.28. The topological polar surface area (TPSA) is 222 Å². The molecule has 15 nitrogen and oxygen atoms in total. The van der Waals surface area contributed by atoms with Crippen LogP contribution in [0.2, 0.25) is 0 Å². The molecule has 33 heavy (non-hydrogen) atoms. The molecule has 0 aromatic heterocycles. The summed E-state index contributed by atoms with van der Waals surface area (Å²) in [6.07, 6.45) is -0.736. The third kappa shape index (κ3) is 5.06. The van der Waals surface area contributed by atoms with Crippen molar-refractivity contribution in [3.63, 3.8) is 0 Å². The molecule has 1 heterocycles. The zero-order valence-corrected chi connectivity index (χ0v) is 18.5. The fourth-order valence-electron chi connectivity index (χ4n) is 2.95. The number of hydrogen-bond acceptors (Lipinski definition) is 10. The average Bonchev–Trinajstić information content (AvgIpc) is 3.08. The molecule has 0 aliphatic carbocycles. The molecule has 1 aromatic rings. The van der Waals surface area contributed by atoms with Crippen LogP contribution in [0.4, 0.5) is 11.4 Å². The first-order valence-electron chi connectivity index (χ1n) is 9.03. The van der Waals surface area contributed by atoms with Crippen LogP contribution < -0.4 is 5.32 Å². The van der Waals surface area contributed by atoms with Crippen LogP contribution in [0.25, 0.3) is 10.4 Å². The van der Waals surface area contributed by atoms with Crippen molar-refractivity contribution in [2.45, 2.75) is 31.2 Å². The number of ether oxygens (including phenoxy) is 1. The summed E-state index contributed by atoms with van der Waals surface area (Å²) >= 11 is 4.85. The van der Waals surface area contributed by atoms with Crippen molar-refractivity contribution in [1.82, 2.24) is 10.2 Å². The number of nitrogens with zero attached hydrogens (tertiary/aromatic N) is 5. The second kappa shape index (κ2) is 9.86. The molecule has 1 saturated heterocycles. The third-order valence-corrected chi connectivity index (χ3v) is 6.12. The van der Waals surface area contributed by atoms with Gasteiger partial charge in [0.2, 0.25) is 11.8 Å². The number of imide groups is 1. The smallest absolute Gasteiger partial charge is 0.313 e. The first-order chi connectivity index (χ1) is 15.4. The number of amides is 3. The fraction of sp³-hybridized carbons (Fsp3) is 0.375. The van der Waals surface area contributed by atoms with Gasteiger partial charge in [-0.3, -0.25) is 29.1 Å². The molecule has 1 aromatic carbocycles. The van der Waals surface area contributed by atoms with Crippen LogP contribution in [-0.4, -0.2) is 57.2 Å². The Morgan fingerprint density at radius 2 is 2.03 bits per heavy atom. The van der Waals surface area contributed by atoms with E-state index in [9.17, 15) is 37.5 Å². The van der Waals surface area contributed by atoms with Crippen LogP contribution in [0.1, 0.15) is 36.5 Å². The number of benzene rings is 1. The van der Waals surface area contributed by atoms with Crippen molar-refractivity contribution in [3.8, 4) is 0 Å². The van der Waals surface area contributed by atoms with E-state index in [-0.39, 0.29) is 16.4 Å². The van der Waals surface area contributed by atoms with Gasteiger partial charge >= 0.3 is 10.1 Å². The van der Waals surface area contributed by atoms with Crippen molar-refractivity contribution < 1.29 is 37.0 Å². The highest BCUT2D eigenvalue weighted by Gasteiger charge is 2.58. The Bertz CT molecular complexity index is 1180. The third-order valence-electron chi connectivity index (χ3n) is 4.46. The van der Waals surface area contributed by atoms with Crippen LogP contribution in [-0.2, 0) is 24.4 Å². The van der Waals surface area contributed by atoms with E-state index in [0.717, 1.165) is 18.2 Å². The lowest BCUT2D eigenvalue weighted by molar-refractivity contribution is -0.384. The summed E-state index contributed by atoms with van der Waals surface area (Å²) in [6, 6.07) is 3.04. The van der Waals surface area contributed by atoms with Crippen LogP contribution in [0.15, 0.2) is 23.3 Å². The zero-order chi connectivity index (χ0) is 25.0. The molecule has 1 unspecified atom stereocenters. The number of carbonyl (C=O) groups excluding carboxylic acids is 3. The predicted molar refractivity (Wildman–Crippen MR) is 114 cm³/mol. The van der Waals surface area contributed by atoms with Gasteiger partial charge in [-0.2, -0.15) is 8.42 Å². The second-order valence-corrected chi connectivity index (χ2v) is 8.55. The van der Waals surface area contributed by atoms with E-state index in [4.69, 9.17) is 22.5 Å². The van der Waals surface area contributed by atoms with Crippen molar-refractivity contribution >= 4 is 56.5 Å². The van der Waals surface area contributed by atoms with Gasteiger partial charge in [-0.15, -0.1) is 0 Å². The van der Waals surface area contributed by atoms with Gasteiger partial charge in [-0.25, -0.2) is 4.90 Å². The summed E-state index contributed by atoms with van der Waals surface area (Å²) in [6.45, 7) is 0.359. The van der Waals surface area contributed by atoms with Gasteiger partial charge in [0.1, 0.15) is 17.9 Å². The Labute approximate surface area is 191 Å². The number of nitro groups is 1. The first-order valence-corrected chi connectivity index (χ1v) is 10.9. The molecule has 176 valence electrons. The van der Waals surface area contributed by atoms with Crippen LogP contribution in [0, 0.1) is 10.1 Å². The summed E-state index contributed by atoms with van der Waals surface area (Å²) in [7, 11) is -5.52. The Morgan fingerprint density at radius 1 is 1.42 bits per heavy atom. The van der Waals surface area contributed by atoms with Crippen LogP contribution in [0.3, 0.4) is 0 Å². The minimum Gasteiger partial charge on any atom is -0.481 e. The molecular weight excluding hydrogens is 484 g/mol.